The lowest BCUT2D eigenvalue weighted by Crippen LogP contribution is -2.42. The monoisotopic (exact) mass is 762 g/mol. The molecule has 0 saturated carbocycles. The van der Waals surface area contributed by atoms with Crippen molar-refractivity contribution in [2.75, 3.05) is 5.32 Å². The number of aliphatic imine (C=N–C) groups is 1. The second-order valence-electron chi connectivity index (χ2n) is 8.16. The minimum Gasteiger partial charge on any atom is -0.348 e. The maximum atomic E-state index is 11.1. The van der Waals surface area contributed by atoms with Gasteiger partial charge in [-0.15, -0.1) is 0 Å². The number of amides is 1. The number of nitrogens with zero attached hydrogens (tertiary/aromatic N) is 11. The number of rotatable bonds is 0. The molecule has 4 N–H and O–H groups in total. The van der Waals surface area contributed by atoms with E-state index in [1.165, 1.54) is 37.2 Å². The molecule has 0 fully saturated rings. The first-order valence-corrected chi connectivity index (χ1v) is 18.8. The van der Waals surface area contributed by atoms with Crippen molar-refractivity contribution in [3.05, 3.63) is 117 Å². The molecule has 8 heterocycles. The van der Waals surface area contributed by atoms with Gasteiger partial charge in [0.25, 0.3) is 5.91 Å². The summed E-state index contributed by atoms with van der Waals surface area (Å²) in [6.45, 7) is 25.9. The van der Waals surface area contributed by atoms with Gasteiger partial charge in [-0.2, -0.15) is 5.10 Å². The summed E-state index contributed by atoms with van der Waals surface area (Å²) in [6.07, 6.45) is 24.1. The molecule has 16 heteroatoms. The fourth-order valence-corrected chi connectivity index (χ4v) is 3.02. The van der Waals surface area contributed by atoms with E-state index in [0.717, 1.165) is 12.2 Å². The van der Waals surface area contributed by atoms with Gasteiger partial charge in [-0.25, -0.2) is 44.9 Å². The maximum Gasteiger partial charge on any atom is 0.273 e. The molecular formula is C39H67N15O. The van der Waals surface area contributed by atoms with Gasteiger partial charge in [0.1, 0.15) is 31.0 Å². The van der Waals surface area contributed by atoms with Gasteiger partial charge in [0, 0.05) is 68.6 Å². The van der Waals surface area contributed by atoms with Crippen LogP contribution in [-0.2, 0) is 13.5 Å². The number of nitrogens with one attached hydrogen (secondary N) is 4. The lowest BCUT2D eigenvalue weighted by molar-refractivity contribution is 0.0934. The van der Waals surface area contributed by atoms with E-state index in [1.807, 2.05) is 120 Å². The standard InChI is InChI=1S/C7H6N2.C6H8N4O.C4H6N2.2C4H4N2.C2H3N3.6C2H6/c1-2-6-3-5-9-7(6)8-4-1;1-3-9-5-4(6(11)10-3)7-2-8-5;1-6-3-2-5-4-6;2*1-2-5-4-6-3-1;1-3-2-5-4-1;6*1-2/h1-2,4-5H,3H2;2-3,9H,1H3,(H,7,8)(H,10,11);2-4H,1H3;2*1-4H;1-2H,(H,3,4,5);6*1-2H3. The van der Waals surface area contributed by atoms with Crippen LogP contribution in [0.25, 0.3) is 0 Å². The van der Waals surface area contributed by atoms with Crippen LogP contribution in [0.4, 0.5) is 11.6 Å². The average Bonchev–Trinajstić information content (AvgIpc) is 4.15. The summed E-state index contributed by atoms with van der Waals surface area (Å²) in [4.78, 5) is 48.0. The zero-order valence-electron chi connectivity index (χ0n) is 35.5. The molecule has 1 atom stereocenters. The fraction of sp³-hybridized carbons (Fsp3) is 0.410. The molecule has 0 spiro atoms. The topological polar surface area (TPSA) is 206 Å². The molecule has 2 aliphatic rings. The van der Waals surface area contributed by atoms with E-state index in [9.17, 15) is 4.79 Å². The third-order valence-electron chi connectivity index (χ3n) is 4.88. The molecule has 0 saturated heterocycles. The molecule has 55 heavy (non-hydrogen) atoms. The van der Waals surface area contributed by atoms with Crippen LogP contribution in [0, 0.1) is 0 Å². The first-order chi connectivity index (χ1) is 27.1. The van der Waals surface area contributed by atoms with Gasteiger partial charge >= 0.3 is 0 Å². The van der Waals surface area contributed by atoms with Crippen LogP contribution in [0.15, 0.2) is 111 Å². The molecule has 0 aromatic carbocycles. The first kappa shape index (κ1) is 55.6. The van der Waals surface area contributed by atoms with Gasteiger partial charge < -0.3 is 20.2 Å². The number of aromatic nitrogens is 12. The highest BCUT2D eigenvalue weighted by Gasteiger charge is 2.22. The Hall–Kier alpha value is -6.19. The van der Waals surface area contributed by atoms with Crippen molar-refractivity contribution < 1.29 is 4.79 Å². The summed E-state index contributed by atoms with van der Waals surface area (Å²) in [7, 11) is 1.94. The lowest BCUT2D eigenvalue weighted by Gasteiger charge is -2.20. The highest BCUT2D eigenvalue weighted by molar-refractivity contribution is 5.98. The van der Waals surface area contributed by atoms with E-state index in [4.69, 9.17) is 0 Å². The Kier molecular flexibility index (Phi) is 46.3. The zero-order valence-corrected chi connectivity index (χ0v) is 35.5. The molecule has 16 nitrogen and oxygen atoms in total. The summed E-state index contributed by atoms with van der Waals surface area (Å²) in [5, 5.41) is 11.7. The molecule has 0 bridgehead atoms. The molecule has 0 aliphatic carbocycles. The summed E-state index contributed by atoms with van der Waals surface area (Å²) in [6, 6.07) is 7.54. The second kappa shape index (κ2) is 45.8. The molecule has 2 aliphatic heterocycles. The molecule has 1 unspecified atom stereocenters. The van der Waals surface area contributed by atoms with Crippen molar-refractivity contribution in [2.24, 2.45) is 12.0 Å². The van der Waals surface area contributed by atoms with E-state index in [0.29, 0.717) is 11.5 Å². The number of aromatic amines is 2. The van der Waals surface area contributed by atoms with Crippen molar-refractivity contribution in [1.29, 1.82) is 0 Å². The number of carbonyl (C=O) groups is 1. The average molecular weight is 762 g/mol. The molecule has 6 aromatic rings. The predicted molar refractivity (Wildman–Crippen MR) is 227 cm³/mol. The highest BCUT2D eigenvalue weighted by Crippen LogP contribution is 2.18. The number of imidazole rings is 2. The summed E-state index contributed by atoms with van der Waals surface area (Å²) < 4.78 is 1.89. The van der Waals surface area contributed by atoms with Gasteiger partial charge in [-0.3, -0.25) is 9.89 Å². The van der Waals surface area contributed by atoms with Gasteiger partial charge in [0.15, 0.2) is 11.6 Å². The number of anilines is 1. The van der Waals surface area contributed by atoms with E-state index < -0.39 is 0 Å². The molecule has 304 valence electrons. The Balaban J connectivity index is -0.000000273. The smallest absolute Gasteiger partial charge is 0.273 e. The van der Waals surface area contributed by atoms with Gasteiger partial charge in [0.2, 0.25) is 0 Å². The molecule has 8 rings (SSSR count). The quantitative estimate of drug-likeness (QED) is 0.115. The maximum absolute atomic E-state index is 11.1. The fourth-order valence-electron chi connectivity index (χ4n) is 3.02. The molecular weight excluding hydrogens is 695 g/mol. The summed E-state index contributed by atoms with van der Waals surface area (Å²) in [5.41, 5.74) is 1.74. The van der Waals surface area contributed by atoms with Crippen molar-refractivity contribution in [3.63, 3.8) is 0 Å². The van der Waals surface area contributed by atoms with Crippen LogP contribution in [-0.4, -0.2) is 77.9 Å². The number of pyridine rings is 1. The first-order valence-electron chi connectivity index (χ1n) is 18.8. The minimum absolute atomic E-state index is 0.0432. The summed E-state index contributed by atoms with van der Waals surface area (Å²) in [5.74, 6) is 1.41. The molecule has 6 aromatic heterocycles. The van der Waals surface area contributed by atoms with Crippen LogP contribution >= 0.6 is 0 Å². The van der Waals surface area contributed by atoms with Crippen LogP contribution in [0.3, 0.4) is 0 Å². The van der Waals surface area contributed by atoms with E-state index in [1.54, 1.807) is 55.6 Å². The Labute approximate surface area is 329 Å². The Bertz CT molecular complexity index is 1440. The Morgan fingerprint density at radius 3 is 1.60 bits per heavy atom. The van der Waals surface area contributed by atoms with Crippen molar-refractivity contribution in [1.82, 2.24) is 64.9 Å². The molecule has 1 amide bonds. The molecule has 0 radical (unpaired) electrons. The van der Waals surface area contributed by atoms with E-state index in [2.05, 4.69) is 76.7 Å². The zero-order chi connectivity index (χ0) is 42.4. The van der Waals surface area contributed by atoms with Gasteiger partial charge in [-0.1, -0.05) is 89.2 Å². The minimum atomic E-state index is -0.108. The van der Waals surface area contributed by atoms with Crippen LogP contribution < -0.4 is 10.6 Å². The second-order valence-corrected chi connectivity index (χ2v) is 8.16. The van der Waals surface area contributed by atoms with Crippen LogP contribution in [0.2, 0.25) is 0 Å². The largest absolute Gasteiger partial charge is 0.348 e. The van der Waals surface area contributed by atoms with E-state index in [-0.39, 0.29) is 12.1 Å². The SMILES string of the molecule is C1=Nc2ncccc2C1.CC.CC.CC.CC.CC.CC.CC1NC(=O)c2[nH]cnc2N1.Cn1ccnc1.c1cncnc1.c1cncnc1.c1nc[nH]n1. The van der Waals surface area contributed by atoms with Crippen molar-refractivity contribution >= 4 is 23.8 Å². The number of H-pyrrole nitrogens is 2. The number of fused-ring (bicyclic) bond motifs is 2. The number of hydrogen-bond donors (Lipinski definition) is 4. The third kappa shape index (κ3) is 31.1. The third-order valence-corrected chi connectivity index (χ3v) is 4.88. The summed E-state index contributed by atoms with van der Waals surface area (Å²) >= 11 is 0. The van der Waals surface area contributed by atoms with Crippen LogP contribution in [0.5, 0.6) is 0 Å². The predicted octanol–water partition coefficient (Wildman–Crippen LogP) is 8.59. The van der Waals surface area contributed by atoms with Crippen molar-refractivity contribution in [2.45, 2.75) is 103 Å². The van der Waals surface area contributed by atoms with Crippen molar-refractivity contribution in [3.8, 4) is 0 Å². The Morgan fingerprint density at radius 2 is 1.24 bits per heavy atom. The van der Waals surface area contributed by atoms with Gasteiger partial charge in [0.05, 0.1) is 18.8 Å². The lowest BCUT2D eigenvalue weighted by atomic mass is 10.2. The number of carbonyl (C=O) groups excluding carboxylic acids is 1. The normalized spacial score (nSPS) is 10.7. The number of hydrogen-bond acceptors (Lipinski definition) is 12. The highest BCUT2D eigenvalue weighted by atomic mass is 16.2. The Morgan fingerprint density at radius 1 is 0.655 bits per heavy atom. The number of aryl methyl sites for hydroxylation is 1. The van der Waals surface area contributed by atoms with Gasteiger partial charge in [-0.05, 0) is 25.1 Å². The van der Waals surface area contributed by atoms with Crippen LogP contribution in [0.1, 0.15) is 106 Å². The van der Waals surface area contributed by atoms with E-state index >= 15 is 0 Å².